The van der Waals surface area contributed by atoms with Crippen LogP contribution in [0.2, 0.25) is 0 Å². The van der Waals surface area contributed by atoms with Crippen LogP contribution in [0.15, 0.2) is 21.2 Å². The summed E-state index contributed by atoms with van der Waals surface area (Å²) in [5, 5.41) is 0. The molecule has 0 aromatic carbocycles. The summed E-state index contributed by atoms with van der Waals surface area (Å²) in [6.45, 7) is -0.211. The van der Waals surface area contributed by atoms with E-state index in [2.05, 4.69) is 20.7 Å². The van der Waals surface area contributed by atoms with E-state index in [1.165, 1.54) is 12.1 Å². The number of carbonyl (C=O) groups is 3. The molecule has 1 fully saturated rings. The second-order valence-electron chi connectivity index (χ2n) is 3.34. The molecule has 1 aliphatic rings. The molecule has 7 nitrogen and oxygen atoms in total. The van der Waals surface area contributed by atoms with E-state index in [1.54, 1.807) is 0 Å². The number of cyclic esters (lactones) is 1. The second-order valence-corrected chi connectivity index (χ2v) is 4.12. The molecule has 1 saturated heterocycles. The number of rotatable bonds is 3. The summed E-state index contributed by atoms with van der Waals surface area (Å²) in [5.41, 5.74) is 0. The first-order valence-corrected chi connectivity index (χ1v) is 5.77. The molecule has 1 aromatic heterocycles. The van der Waals surface area contributed by atoms with E-state index >= 15 is 0 Å². The Balaban J connectivity index is 1.86. The molecule has 0 spiro atoms. The van der Waals surface area contributed by atoms with Gasteiger partial charge in [0.2, 0.25) is 5.76 Å². The molecule has 2 rings (SSSR count). The van der Waals surface area contributed by atoms with Crippen molar-refractivity contribution in [2.45, 2.75) is 0 Å². The van der Waals surface area contributed by atoms with Crippen LogP contribution in [0.3, 0.4) is 0 Å². The van der Waals surface area contributed by atoms with E-state index in [-0.39, 0.29) is 18.9 Å². The van der Waals surface area contributed by atoms with Gasteiger partial charge in [-0.1, -0.05) is 0 Å². The van der Waals surface area contributed by atoms with Crippen molar-refractivity contribution in [2.75, 3.05) is 19.8 Å². The molecular formula is C10H8BrNO6. The maximum atomic E-state index is 11.5. The molecule has 8 heteroatoms. The van der Waals surface area contributed by atoms with Gasteiger partial charge >= 0.3 is 12.1 Å². The minimum atomic E-state index is -0.776. The Hall–Kier alpha value is -1.83. The molecule has 18 heavy (non-hydrogen) atoms. The summed E-state index contributed by atoms with van der Waals surface area (Å²) < 4.78 is 14.6. The first kappa shape index (κ1) is 12.6. The molecular weight excluding hydrogens is 310 g/mol. The molecule has 0 N–H and O–H groups in total. The summed E-state index contributed by atoms with van der Waals surface area (Å²) in [7, 11) is 0. The van der Waals surface area contributed by atoms with Gasteiger partial charge in [0, 0.05) is 0 Å². The van der Waals surface area contributed by atoms with E-state index in [9.17, 15) is 14.4 Å². The first-order chi connectivity index (χ1) is 8.58. The third-order valence-electron chi connectivity index (χ3n) is 2.16. The number of hydrogen-bond acceptors (Lipinski definition) is 6. The Morgan fingerprint density at radius 1 is 1.44 bits per heavy atom. The van der Waals surface area contributed by atoms with E-state index in [0.29, 0.717) is 4.67 Å². The lowest BCUT2D eigenvalue weighted by molar-refractivity contribution is -0.131. The molecule has 2 amide bonds. The van der Waals surface area contributed by atoms with Crippen LogP contribution in [0.25, 0.3) is 0 Å². The maximum absolute atomic E-state index is 11.5. The predicted molar refractivity (Wildman–Crippen MR) is 59.8 cm³/mol. The largest absolute Gasteiger partial charge is 0.450 e. The van der Waals surface area contributed by atoms with E-state index in [0.717, 1.165) is 4.90 Å². The molecule has 0 radical (unpaired) electrons. The number of imide groups is 1. The zero-order valence-corrected chi connectivity index (χ0v) is 10.6. The fraction of sp³-hybridized carbons (Fsp3) is 0.300. The van der Waals surface area contributed by atoms with Gasteiger partial charge in [0.15, 0.2) is 11.3 Å². The van der Waals surface area contributed by atoms with Crippen LogP contribution < -0.4 is 0 Å². The van der Waals surface area contributed by atoms with Crippen LogP contribution in [0, 0.1) is 0 Å². The van der Waals surface area contributed by atoms with Gasteiger partial charge in [0.1, 0.15) is 6.61 Å². The Labute approximate surface area is 110 Å². The Kier molecular flexibility index (Phi) is 3.66. The van der Waals surface area contributed by atoms with Crippen molar-refractivity contribution in [3.8, 4) is 0 Å². The lowest BCUT2D eigenvalue weighted by Gasteiger charge is -2.09. The van der Waals surface area contributed by atoms with Crippen LogP contribution in [0.5, 0.6) is 0 Å². The summed E-state index contributed by atoms with van der Waals surface area (Å²) in [5.74, 6) is -1.43. The van der Waals surface area contributed by atoms with Crippen LogP contribution in [-0.4, -0.2) is 42.6 Å². The number of esters is 1. The van der Waals surface area contributed by atoms with Gasteiger partial charge in [0.05, 0.1) is 6.54 Å². The number of amides is 2. The molecule has 0 atom stereocenters. The van der Waals surface area contributed by atoms with Crippen molar-refractivity contribution in [1.82, 2.24) is 4.90 Å². The van der Waals surface area contributed by atoms with E-state index in [4.69, 9.17) is 9.15 Å². The average Bonchev–Trinajstić information content (AvgIpc) is 2.94. The van der Waals surface area contributed by atoms with E-state index in [1.807, 2.05) is 0 Å². The van der Waals surface area contributed by atoms with Crippen molar-refractivity contribution in [1.29, 1.82) is 0 Å². The highest BCUT2D eigenvalue weighted by atomic mass is 79.9. The molecule has 96 valence electrons. The van der Waals surface area contributed by atoms with E-state index < -0.39 is 24.6 Å². The lowest BCUT2D eigenvalue weighted by Crippen LogP contribution is -2.35. The summed E-state index contributed by atoms with van der Waals surface area (Å²) in [4.78, 5) is 34.9. The van der Waals surface area contributed by atoms with Gasteiger partial charge in [-0.3, -0.25) is 4.79 Å². The lowest BCUT2D eigenvalue weighted by atomic mass is 10.4. The molecule has 0 bridgehead atoms. The highest BCUT2D eigenvalue weighted by Crippen LogP contribution is 2.14. The fourth-order valence-corrected chi connectivity index (χ4v) is 1.63. The monoisotopic (exact) mass is 317 g/mol. The normalized spacial score (nSPS) is 14.5. The molecule has 1 aliphatic heterocycles. The number of hydrogen-bond donors (Lipinski definition) is 0. The maximum Gasteiger partial charge on any atom is 0.416 e. The quantitative estimate of drug-likeness (QED) is 0.778. The number of nitrogens with zero attached hydrogens (tertiary/aromatic N) is 1. The van der Waals surface area contributed by atoms with Crippen molar-refractivity contribution < 1.29 is 28.3 Å². The number of ether oxygens (including phenoxy) is 2. The number of halogens is 1. The Morgan fingerprint density at radius 3 is 2.78 bits per heavy atom. The minimum Gasteiger partial charge on any atom is -0.450 e. The van der Waals surface area contributed by atoms with Crippen LogP contribution >= 0.6 is 15.9 Å². The van der Waals surface area contributed by atoms with Gasteiger partial charge < -0.3 is 13.9 Å². The molecule has 1 aromatic rings. The minimum absolute atomic E-state index is 0.0290. The highest BCUT2D eigenvalue weighted by molar-refractivity contribution is 9.10. The topological polar surface area (TPSA) is 86.0 Å². The van der Waals surface area contributed by atoms with Gasteiger partial charge in [-0.2, -0.15) is 0 Å². The molecule has 0 unspecified atom stereocenters. The zero-order chi connectivity index (χ0) is 13.1. The molecule has 2 heterocycles. The van der Waals surface area contributed by atoms with Crippen molar-refractivity contribution >= 4 is 33.9 Å². The fourth-order valence-electron chi connectivity index (χ4n) is 1.32. The van der Waals surface area contributed by atoms with Gasteiger partial charge in [-0.25, -0.2) is 14.5 Å². The Morgan fingerprint density at radius 2 is 2.22 bits per heavy atom. The van der Waals surface area contributed by atoms with Crippen molar-refractivity contribution in [3.05, 3.63) is 22.6 Å². The number of carbonyl (C=O) groups excluding carboxylic acids is 3. The average molecular weight is 318 g/mol. The third-order valence-corrected chi connectivity index (χ3v) is 2.59. The smallest absolute Gasteiger partial charge is 0.416 e. The van der Waals surface area contributed by atoms with Crippen molar-refractivity contribution in [3.63, 3.8) is 0 Å². The van der Waals surface area contributed by atoms with Crippen LogP contribution in [-0.2, 0) is 14.3 Å². The summed E-state index contributed by atoms with van der Waals surface area (Å²) in [6.07, 6.45) is -0.725. The highest BCUT2D eigenvalue weighted by Gasteiger charge is 2.29. The zero-order valence-electron chi connectivity index (χ0n) is 9.05. The van der Waals surface area contributed by atoms with Gasteiger partial charge in [-0.05, 0) is 28.1 Å². The molecule has 0 saturated carbocycles. The van der Waals surface area contributed by atoms with Gasteiger partial charge in [-0.15, -0.1) is 0 Å². The Bertz CT molecular complexity index is 496. The first-order valence-electron chi connectivity index (χ1n) is 4.97. The summed E-state index contributed by atoms with van der Waals surface area (Å²) in [6, 6.07) is 2.93. The number of furan rings is 1. The SMILES string of the molecule is O=C(OCC(=O)N1CCOC1=O)c1ccc(Br)o1. The molecule has 0 aliphatic carbocycles. The standard InChI is InChI=1S/C10H8BrNO6/c11-7-2-1-6(18-7)9(14)17-5-8(13)12-3-4-16-10(12)15/h1-2H,3-5H2. The van der Waals surface area contributed by atoms with Crippen molar-refractivity contribution in [2.24, 2.45) is 0 Å². The predicted octanol–water partition coefficient (Wildman–Crippen LogP) is 1.18. The van der Waals surface area contributed by atoms with Crippen LogP contribution in [0.1, 0.15) is 10.6 Å². The van der Waals surface area contributed by atoms with Gasteiger partial charge in [0.25, 0.3) is 5.91 Å². The summed E-state index contributed by atoms with van der Waals surface area (Å²) >= 11 is 3.03. The van der Waals surface area contributed by atoms with Crippen LogP contribution in [0.4, 0.5) is 4.79 Å². The second kappa shape index (κ2) is 5.21. The third kappa shape index (κ3) is 2.70.